The number of methoxy groups -OCH3 is 1. The third-order valence-corrected chi connectivity index (χ3v) is 5.87. The Hall–Kier alpha value is -3.60. The van der Waals surface area contributed by atoms with Crippen molar-refractivity contribution in [2.45, 2.75) is 39.2 Å². The van der Waals surface area contributed by atoms with Gasteiger partial charge < -0.3 is 14.6 Å². The topological polar surface area (TPSA) is 56.1 Å². The van der Waals surface area contributed by atoms with Crippen LogP contribution in [0.1, 0.15) is 46.6 Å². The summed E-state index contributed by atoms with van der Waals surface area (Å²) < 4.78 is 7.62. The Kier molecular flexibility index (Phi) is 7.40. The van der Waals surface area contributed by atoms with Crippen molar-refractivity contribution < 1.29 is 9.53 Å². The second-order valence-electron chi connectivity index (χ2n) is 8.36. The summed E-state index contributed by atoms with van der Waals surface area (Å²) in [6.07, 6.45) is 3.90. The molecule has 0 aliphatic rings. The van der Waals surface area contributed by atoms with E-state index in [1.165, 1.54) is 16.6 Å². The summed E-state index contributed by atoms with van der Waals surface area (Å²) in [7, 11) is 1.58. The van der Waals surface area contributed by atoms with Crippen LogP contribution in [0.4, 0.5) is 0 Å². The zero-order valence-corrected chi connectivity index (χ0v) is 19.4. The van der Waals surface area contributed by atoms with Crippen LogP contribution in [-0.4, -0.2) is 29.1 Å². The maximum atomic E-state index is 12.4. The van der Waals surface area contributed by atoms with Gasteiger partial charge in [0.15, 0.2) is 0 Å². The molecule has 5 heteroatoms. The number of aryl methyl sites for hydroxylation is 2. The smallest absolute Gasteiger partial charge is 0.255 e. The number of carbonyl (C=O) groups excluding carboxylic acids is 1. The second-order valence-corrected chi connectivity index (χ2v) is 8.36. The molecule has 170 valence electrons. The number of hydrogen-bond donors (Lipinski definition) is 1. The first-order valence-corrected chi connectivity index (χ1v) is 11.6. The number of imidazole rings is 1. The third kappa shape index (κ3) is 5.61. The van der Waals surface area contributed by atoms with Gasteiger partial charge in [-0.1, -0.05) is 60.5 Å². The molecule has 0 bridgehead atoms. The van der Waals surface area contributed by atoms with Gasteiger partial charge in [0.1, 0.15) is 11.6 Å². The molecular weight excluding hydrogens is 410 g/mol. The molecule has 0 saturated carbocycles. The Balaban J connectivity index is 1.32. The Morgan fingerprint density at radius 1 is 0.970 bits per heavy atom. The van der Waals surface area contributed by atoms with E-state index >= 15 is 0 Å². The molecule has 33 heavy (non-hydrogen) atoms. The van der Waals surface area contributed by atoms with Crippen molar-refractivity contribution in [3.63, 3.8) is 0 Å². The Labute approximate surface area is 195 Å². The van der Waals surface area contributed by atoms with Crippen LogP contribution in [-0.2, 0) is 13.0 Å². The summed E-state index contributed by atoms with van der Waals surface area (Å²) in [5.74, 6) is 1.63. The van der Waals surface area contributed by atoms with Crippen molar-refractivity contribution in [1.29, 1.82) is 0 Å². The number of nitrogens with zero attached hydrogens (tertiary/aromatic N) is 2. The molecule has 0 unspecified atom stereocenters. The van der Waals surface area contributed by atoms with E-state index < -0.39 is 0 Å². The molecule has 0 saturated heterocycles. The van der Waals surface area contributed by atoms with E-state index in [4.69, 9.17) is 9.72 Å². The van der Waals surface area contributed by atoms with Crippen LogP contribution < -0.4 is 10.1 Å². The molecule has 4 aromatic rings. The van der Waals surface area contributed by atoms with Gasteiger partial charge in [-0.2, -0.15) is 0 Å². The number of hydrogen-bond acceptors (Lipinski definition) is 3. The van der Waals surface area contributed by atoms with Crippen LogP contribution in [0.15, 0.2) is 72.8 Å². The second kappa shape index (κ2) is 10.8. The highest BCUT2D eigenvalue weighted by Crippen LogP contribution is 2.20. The van der Waals surface area contributed by atoms with E-state index in [1.807, 2.05) is 18.2 Å². The number of aromatic nitrogens is 2. The Morgan fingerprint density at radius 2 is 1.79 bits per heavy atom. The van der Waals surface area contributed by atoms with Crippen molar-refractivity contribution in [1.82, 2.24) is 14.9 Å². The lowest BCUT2D eigenvalue weighted by Gasteiger charge is -2.11. The van der Waals surface area contributed by atoms with Gasteiger partial charge in [-0.3, -0.25) is 4.79 Å². The SMILES string of the molecule is COc1ccccc1C(=O)NCCCCCc1nc2ccccc2n1Cc1cccc(C)c1. The molecule has 5 nitrogen and oxygen atoms in total. The largest absolute Gasteiger partial charge is 0.496 e. The first-order chi connectivity index (χ1) is 16.2. The molecule has 0 radical (unpaired) electrons. The summed E-state index contributed by atoms with van der Waals surface area (Å²) in [4.78, 5) is 17.3. The first kappa shape index (κ1) is 22.6. The van der Waals surface area contributed by atoms with Gasteiger partial charge in [-0.25, -0.2) is 4.98 Å². The fraction of sp³-hybridized carbons (Fsp3) is 0.286. The van der Waals surface area contributed by atoms with Crippen molar-refractivity contribution in [3.05, 3.63) is 95.3 Å². The highest BCUT2D eigenvalue weighted by molar-refractivity contribution is 5.96. The lowest BCUT2D eigenvalue weighted by molar-refractivity contribution is 0.0950. The number of benzene rings is 3. The van der Waals surface area contributed by atoms with Crippen LogP contribution in [0.25, 0.3) is 11.0 Å². The number of para-hydroxylation sites is 3. The summed E-state index contributed by atoms with van der Waals surface area (Å²) >= 11 is 0. The molecule has 1 amide bonds. The quantitative estimate of drug-likeness (QED) is 0.329. The highest BCUT2D eigenvalue weighted by Gasteiger charge is 2.12. The van der Waals surface area contributed by atoms with Gasteiger partial charge in [0.25, 0.3) is 5.91 Å². The van der Waals surface area contributed by atoms with Gasteiger partial charge in [-0.05, 0) is 49.6 Å². The van der Waals surface area contributed by atoms with Gasteiger partial charge in [0.2, 0.25) is 0 Å². The molecule has 0 fully saturated rings. The van der Waals surface area contributed by atoms with Crippen LogP contribution in [0.3, 0.4) is 0 Å². The molecule has 0 atom stereocenters. The van der Waals surface area contributed by atoms with Crippen LogP contribution in [0, 0.1) is 6.92 Å². The lowest BCUT2D eigenvalue weighted by Crippen LogP contribution is -2.24. The minimum absolute atomic E-state index is 0.0904. The molecule has 0 spiro atoms. The highest BCUT2D eigenvalue weighted by atomic mass is 16.5. The predicted octanol–water partition coefficient (Wildman–Crippen LogP) is 5.54. The van der Waals surface area contributed by atoms with Crippen LogP contribution in [0.5, 0.6) is 5.75 Å². The summed E-state index contributed by atoms with van der Waals surface area (Å²) in [5, 5.41) is 3.00. The van der Waals surface area contributed by atoms with Crippen molar-refractivity contribution >= 4 is 16.9 Å². The standard InChI is InChI=1S/C28H31N3O2/c1-21-11-10-12-22(19-21)20-31-25-15-7-6-14-24(25)30-27(31)17-4-3-9-18-29-28(32)23-13-5-8-16-26(23)33-2/h5-8,10-16,19H,3-4,9,17-18,20H2,1-2H3,(H,29,32). The summed E-state index contributed by atoms with van der Waals surface area (Å²) in [6.45, 7) is 3.60. The zero-order chi connectivity index (χ0) is 23.0. The molecule has 1 N–H and O–H groups in total. The monoisotopic (exact) mass is 441 g/mol. The predicted molar refractivity (Wildman–Crippen MR) is 133 cm³/mol. The molecule has 4 rings (SSSR count). The van der Waals surface area contributed by atoms with Crippen LogP contribution in [0.2, 0.25) is 0 Å². The van der Waals surface area contributed by atoms with Gasteiger partial charge in [0, 0.05) is 19.5 Å². The number of nitrogens with one attached hydrogen (secondary N) is 1. The molecule has 1 heterocycles. The van der Waals surface area contributed by atoms with Crippen LogP contribution >= 0.6 is 0 Å². The average Bonchev–Trinajstić information content (AvgIpc) is 3.18. The molecular formula is C28H31N3O2. The number of fused-ring (bicyclic) bond motifs is 1. The van der Waals surface area contributed by atoms with E-state index in [-0.39, 0.29) is 5.91 Å². The minimum Gasteiger partial charge on any atom is -0.496 e. The fourth-order valence-electron chi connectivity index (χ4n) is 4.20. The molecule has 0 aliphatic carbocycles. The normalized spacial score (nSPS) is 11.0. The summed E-state index contributed by atoms with van der Waals surface area (Å²) in [6, 6.07) is 24.3. The Morgan fingerprint density at radius 3 is 2.64 bits per heavy atom. The average molecular weight is 442 g/mol. The maximum Gasteiger partial charge on any atom is 0.255 e. The number of unbranched alkanes of at least 4 members (excludes halogenated alkanes) is 2. The number of carbonyl (C=O) groups is 1. The first-order valence-electron chi connectivity index (χ1n) is 11.6. The fourth-order valence-corrected chi connectivity index (χ4v) is 4.20. The molecule has 1 aromatic heterocycles. The van der Waals surface area contributed by atoms with E-state index in [2.05, 4.69) is 59.3 Å². The number of ether oxygens (including phenoxy) is 1. The van der Waals surface area contributed by atoms with E-state index in [0.29, 0.717) is 17.9 Å². The molecule has 3 aromatic carbocycles. The zero-order valence-electron chi connectivity index (χ0n) is 19.4. The van der Waals surface area contributed by atoms with Crippen molar-refractivity contribution in [3.8, 4) is 5.75 Å². The van der Waals surface area contributed by atoms with Crippen molar-refractivity contribution in [2.24, 2.45) is 0 Å². The number of rotatable bonds is 10. The van der Waals surface area contributed by atoms with E-state index in [9.17, 15) is 4.79 Å². The third-order valence-electron chi connectivity index (χ3n) is 5.87. The van der Waals surface area contributed by atoms with Gasteiger partial charge in [0.05, 0.1) is 23.7 Å². The van der Waals surface area contributed by atoms with Crippen molar-refractivity contribution in [2.75, 3.05) is 13.7 Å². The number of amides is 1. The van der Waals surface area contributed by atoms with Gasteiger partial charge in [-0.15, -0.1) is 0 Å². The van der Waals surface area contributed by atoms with E-state index in [1.54, 1.807) is 19.2 Å². The summed E-state index contributed by atoms with van der Waals surface area (Å²) in [5.41, 5.74) is 5.36. The van der Waals surface area contributed by atoms with Gasteiger partial charge >= 0.3 is 0 Å². The minimum atomic E-state index is -0.0904. The Bertz CT molecular complexity index is 1230. The maximum absolute atomic E-state index is 12.4. The van der Waals surface area contributed by atoms with E-state index in [0.717, 1.165) is 43.6 Å². The molecule has 0 aliphatic heterocycles. The lowest BCUT2D eigenvalue weighted by atomic mass is 10.1.